The Morgan fingerprint density at radius 1 is 1.43 bits per heavy atom. The number of amides is 3. The van der Waals surface area contributed by atoms with Crippen molar-refractivity contribution in [1.82, 2.24) is 20.5 Å². The fourth-order valence-corrected chi connectivity index (χ4v) is 2.55. The summed E-state index contributed by atoms with van der Waals surface area (Å²) in [5, 5.41) is 5.83. The first-order valence-electron chi connectivity index (χ1n) is 7.29. The Labute approximate surface area is 124 Å². The van der Waals surface area contributed by atoms with Crippen molar-refractivity contribution in [1.29, 1.82) is 0 Å². The molecule has 6 nitrogen and oxygen atoms in total. The molecule has 3 amide bonds. The molecule has 1 aliphatic rings. The number of aromatic nitrogens is 1. The van der Waals surface area contributed by atoms with Crippen LogP contribution in [0.15, 0.2) is 24.4 Å². The van der Waals surface area contributed by atoms with Gasteiger partial charge in [0.2, 0.25) is 5.91 Å². The van der Waals surface area contributed by atoms with Crippen LogP contribution in [0.25, 0.3) is 0 Å². The van der Waals surface area contributed by atoms with Crippen molar-refractivity contribution in [3.05, 3.63) is 30.1 Å². The molecule has 1 aromatic rings. The number of piperidine rings is 1. The molecule has 0 aliphatic carbocycles. The highest BCUT2D eigenvalue weighted by Gasteiger charge is 2.25. The van der Waals surface area contributed by atoms with Crippen LogP contribution in [0.2, 0.25) is 0 Å². The lowest BCUT2D eigenvalue weighted by Crippen LogP contribution is -2.52. The molecule has 2 heterocycles. The molecule has 0 saturated carbocycles. The van der Waals surface area contributed by atoms with Crippen molar-refractivity contribution in [2.24, 2.45) is 0 Å². The number of nitrogens with one attached hydrogen (secondary N) is 2. The lowest BCUT2D eigenvalue weighted by Gasteiger charge is -2.33. The summed E-state index contributed by atoms with van der Waals surface area (Å²) in [4.78, 5) is 29.4. The fraction of sp³-hybridized carbons (Fsp3) is 0.533. The van der Waals surface area contributed by atoms with Gasteiger partial charge in [-0.05, 0) is 31.9 Å². The zero-order valence-electron chi connectivity index (χ0n) is 12.5. The van der Waals surface area contributed by atoms with Crippen LogP contribution in [0.4, 0.5) is 4.79 Å². The predicted molar refractivity (Wildman–Crippen MR) is 79.6 cm³/mol. The molecule has 2 N–H and O–H groups in total. The largest absolute Gasteiger partial charge is 0.352 e. The van der Waals surface area contributed by atoms with Crippen molar-refractivity contribution in [3.8, 4) is 0 Å². The van der Waals surface area contributed by atoms with Gasteiger partial charge in [-0.15, -0.1) is 0 Å². The molecule has 114 valence electrons. The third kappa shape index (κ3) is 4.44. The van der Waals surface area contributed by atoms with Crippen LogP contribution in [0.5, 0.6) is 0 Å². The molecule has 1 saturated heterocycles. The van der Waals surface area contributed by atoms with E-state index in [0.717, 1.165) is 25.1 Å². The van der Waals surface area contributed by atoms with Gasteiger partial charge in [0, 0.05) is 32.3 Å². The highest BCUT2D eigenvalue weighted by atomic mass is 16.2. The van der Waals surface area contributed by atoms with Crippen LogP contribution in [-0.4, -0.2) is 41.0 Å². The Balaban J connectivity index is 1.89. The number of carbonyl (C=O) groups excluding carboxylic acids is 2. The molecule has 1 fully saturated rings. The predicted octanol–water partition coefficient (Wildman–Crippen LogP) is 1.45. The van der Waals surface area contributed by atoms with E-state index in [-0.39, 0.29) is 24.0 Å². The molecular weight excluding hydrogens is 268 g/mol. The second kappa shape index (κ2) is 7.06. The summed E-state index contributed by atoms with van der Waals surface area (Å²) in [6.07, 6.45) is 3.53. The molecule has 21 heavy (non-hydrogen) atoms. The maximum absolute atomic E-state index is 12.3. The number of carbonyl (C=O) groups is 2. The fourth-order valence-electron chi connectivity index (χ4n) is 2.55. The summed E-state index contributed by atoms with van der Waals surface area (Å²) in [5.74, 6) is -0.0517. The first kappa shape index (κ1) is 15.3. The Morgan fingerprint density at radius 2 is 2.24 bits per heavy atom. The first-order valence-corrected chi connectivity index (χ1v) is 7.29. The SMILES string of the molecule is CC(=O)N[C@H]1CCCN(C(=O)N[C@H](C)c2ccccn2)C1. The second-order valence-corrected chi connectivity index (χ2v) is 5.41. The maximum atomic E-state index is 12.3. The smallest absolute Gasteiger partial charge is 0.317 e. The molecule has 1 aliphatic heterocycles. The molecule has 1 aromatic heterocycles. The molecule has 2 rings (SSSR count). The normalized spacial score (nSPS) is 19.7. The van der Waals surface area contributed by atoms with Crippen LogP contribution in [0.1, 0.15) is 38.4 Å². The Morgan fingerprint density at radius 3 is 2.90 bits per heavy atom. The van der Waals surface area contributed by atoms with Gasteiger partial charge in [-0.2, -0.15) is 0 Å². The van der Waals surface area contributed by atoms with Gasteiger partial charge in [0.25, 0.3) is 0 Å². The van der Waals surface area contributed by atoms with Gasteiger partial charge in [-0.3, -0.25) is 9.78 Å². The van der Waals surface area contributed by atoms with Gasteiger partial charge in [0.05, 0.1) is 11.7 Å². The van der Waals surface area contributed by atoms with Crippen LogP contribution in [0, 0.1) is 0 Å². The summed E-state index contributed by atoms with van der Waals surface area (Å²) >= 11 is 0. The standard InChI is InChI=1S/C15H22N4O2/c1-11(14-7-3-4-8-16-14)17-15(21)19-9-5-6-13(10-19)18-12(2)20/h3-4,7-8,11,13H,5-6,9-10H2,1-2H3,(H,17,21)(H,18,20)/t11-,13+/m1/s1. The van der Waals surface area contributed by atoms with E-state index in [0.29, 0.717) is 6.54 Å². The van der Waals surface area contributed by atoms with Crippen molar-refractivity contribution in [3.63, 3.8) is 0 Å². The Bertz CT molecular complexity index is 492. The average Bonchev–Trinajstić information content (AvgIpc) is 2.47. The maximum Gasteiger partial charge on any atom is 0.317 e. The van der Waals surface area contributed by atoms with Crippen molar-refractivity contribution >= 4 is 11.9 Å². The third-order valence-electron chi connectivity index (χ3n) is 3.59. The van der Waals surface area contributed by atoms with Crippen molar-refractivity contribution in [2.75, 3.05) is 13.1 Å². The third-order valence-corrected chi connectivity index (χ3v) is 3.59. The minimum absolute atomic E-state index is 0.0483. The first-order chi connectivity index (χ1) is 10.1. The van der Waals surface area contributed by atoms with E-state index in [1.165, 1.54) is 6.92 Å². The number of urea groups is 1. The molecule has 0 bridgehead atoms. The quantitative estimate of drug-likeness (QED) is 0.885. The van der Waals surface area contributed by atoms with E-state index in [1.54, 1.807) is 11.1 Å². The second-order valence-electron chi connectivity index (χ2n) is 5.41. The topological polar surface area (TPSA) is 74.3 Å². The van der Waals surface area contributed by atoms with Gasteiger partial charge in [-0.1, -0.05) is 6.07 Å². The number of hydrogen-bond donors (Lipinski definition) is 2. The van der Waals surface area contributed by atoms with E-state index >= 15 is 0 Å². The van der Waals surface area contributed by atoms with Crippen molar-refractivity contribution < 1.29 is 9.59 Å². The molecule has 0 unspecified atom stereocenters. The summed E-state index contributed by atoms with van der Waals surface area (Å²) in [5.41, 5.74) is 0.835. The number of rotatable bonds is 3. The number of hydrogen-bond acceptors (Lipinski definition) is 3. The monoisotopic (exact) mass is 290 g/mol. The zero-order valence-corrected chi connectivity index (χ0v) is 12.5. The van der Waals surface area contributed by atoms with Crippen LogP contribution in [0.3, 0.4) is 0 Å². The highest BCUT2D eigenvalue weighted by molar-refractivity contribution is 5.75. The van der Waals surface area contributed by atoms with E-state index in [4.69, 9.17) is 0 Å². The highest BCUT2D eigenvalue weighted by Crippen LogP contribution is 2.13. The molecular formula is C15H22N4O2. The average molecular weight is 290 g/mol. The van der Waals surface area contributed by atoms with Gasteiger partial charge < -0.3 is 15.5 Å². The van der Waals surface area contributed by atoms with Crippen LogP contribution in [-0.2, 0) is 4.79 Å². The summed E-state index contributed by atoms with van der Waals surface area (Å²) in [6, 6.07) is 5.44. The number of pyridine rings is 1. The van der Waals surface area contributed by atoms with Gasteiger partial charge in [0.15, 0.2) is 0 Å². The lowest BCUT2D eigenvalue weighted by atomic mass is 10.1. The van der Waals surface area contributed by atoms with Crippen molar-refractivity contribution in [2.45, 2.75) is 38.8 Å². The summed E-state index contributed by atoms with van der Waals surface area (Å²) in [7, 11) is 0. The molecule has 0 spiro atoms. The van der Waals surface area contributed by atoms with Gasteiger partial charge in [0.1, 0.15) is 0 Å². The zero-order chi connectivity index (χ0) is 15.2. The minimum Gasteiger partial charge on any atom is -0.352 e. The molecule has 0 aromatic carbocycles. The van der Waals surface area contributed by atoms with Gasteiger partial charge >= 0.3 is 6.03 Å². The number of nitrogens with zero attached hydrogens (tertiary/aromatic N) is 2. The molecule has 0 radical (unpaired) electrons. The van der Waals surface area contributed by atoms with Crippen LogP contribution >= 0.6 is 0 Å². The summed E-state index contributed by atoms with van der Waals surface area (Å²) in [6.45, 7) is 4.69. The molecule has 2 atom stereocenters. The van der Waals surface area contributed by atoms with E-state index in [9.17, 15) is 9.59 Å². The molecule has 6 heteroatoms. The summed E-state index contributed by atoms with van der Waals surface area (Å²) < 4.78 is 0. The number of likely N-dealkylation sites (tertiary alicyclic amines) is 1. The van der Waals surface area contributed by atoms with E-state index < -0.39 is 0 Å². The minimum atomic E-state index is -0.139. The lowest BCUT2D eigenvalue weighted by molar-refractivity contribution is -0.119. The Kier molecular flexibility index (Phi) is 5.14. The van der Waals surface area contributed by atoms with E-state index in [1.807, 2.05) is 25.1 Å². The Hall–Kier alpha value is -2.11. The van der Waals surface area contributed by atoms with E-state index in [2.05, 4.69) is 15.6 Å². The van der Waals surface area contributed by atoms with Crippen LogP contribution < -0.4 is 10.6 Å². The van der Waals surface area contributed by atoms with Gasteiger partial charge in [-0.25, -0.2) is 4.79 Å².